The van der Waals surface area contributed by atoms with Gasteiger partial charge < -0.3 is 10.4 Å². The van der Waals surface area contributed by atoms with Crippen molar-refractivity contribution in [1.82, 2.24) is 5.32 Å². The van der Waals surface area contributed by atoms with Gasteiger partial charge in [-0.05, 0) is 18.4 Å². The molecule has 100 valence electrons. The van der Waals surface area contributed by atoms with Gasteiger partial charge in [-0.1, -0.05) is 37.6 Å². The van der Waals surface area contributed by atoms with Gasteiger partial charge in [-0.15, -0.1) is 0 Å². The molecule has 0 saturated heterocycles. The zero-order valence-electron chi connectivity index (χ0n) is 10.4. The lowest BCUT2D eigenvalue weighted by Crippen LogP contribution is -2.37. The molecule has 0 aromatic heterocycles. The van der Waals surface area contributed by atoms with Crippen LogP contribution in [0.3, 0.4) is 0 Å². The highest BCUT2D eigenvalue weighted by Crippen LogP contribution is 2.18. The topological polar surface area (TPSA) is 49.3 Å². The fourth-order valence-electron chi connectivity index (χ4n) is 1.66. The summed E-state index contributed by atoms with van der Waals surface area (Å²) < 4.78 is 13.6. The molecule has 0 spiro atoms. The predicted octanol–water partition coefficient (Wildman–Crippen LogP) is 3.07. The summed E-state index contributed by atoms with van der Waals surface area (Å²) in [4.78, 5) is 11.0. The highest BCUT2D eigenvalue weighted by atomic mass is 35.5. The molecule has 0 unspecified atom stereocenters. The van der Waals surface area contributed by atoms with Crippen LogP contribution in [0, 0.1) is 11.7 Å². The molecule has 1 aromatic carbocycles. The average molecular weight is 274 g/mol. The van der Waals surface area contributed by atoms with Crippen LogP contribution in [0.5, 0.6) is 0 Å². The highest BCUT2D eigenvalue weighted by molar-refractivity contribution is 6.30. The first-order valence-corrected chi connectivity index (χ1v) is 6.18. The van der Waals surface area contributed by atoms with Crippen molar-refractivity contribution in [2.24, 2.45) is 5.92 Å². The highest BCUT2D eigenvalue weighted by Gasteiger charge is 2.18. The Balaban J connectivity index is 2.67. The van der Waals surface area contributed by atoms with E-state index in [9.17, 15) is 9.18 Å². The number of aliphatic carboxylic acids is 1. The third-order valence-corrected chi connectivity index (χ3v) is 2.87. The van der Waals surface area contributed by atoms with Crippen LogP contribution in [0.25, 0.3) is 0 Å². The summed E-state index contributed by atoms with van der Waals surface area (Å²) in [6.07, 6.45) is 0.498. The van der Waals surface area contributed by atoms with Crippen molar-refractivity contribution >= 4 is 17.6 Å². The van der Waals surface area contributed by atoms with Crippen molar-refractivity contribution in [3.63, 3.8) is 0 Å². The third kappa shape index (κ3) is 4.27. The second-order valence-electron chi connectivity index (χ2n) is 4.61. The van der Waals surface area contributed by atoms with Gasteiger partial charge in [-0.2, -0.15) is 0 Å². The molecule has 0 heterocycles. The van der Waals surface area contributed by atoms with E-state index in [0.717, 1.165) is 0 Å². The van der Waals surface area contributed by atoms with E-state index < -0.39 is 17.8 Å². The Morgan fingerprint density at radius 1 is 1.50 bits per heavy atom. The quantitative estimate of drug-likeness (QED) is 0.837. The van der Waals surface area contributed by atoms with Crippen LogP contribution >= 0.6 is 11.6 Å². The number of hydrogen-bond donors (Lipinski definition) is 2. The zero-order valence-corrected chi connectivity index (χ0v) is 11.2. The Hall–Kier alpha value is -1.13. The lowest BCUT2D eigenvalue weighted by Gasteiger charge is -2.16. The third-order valence-electron chi connectivity index (χ3n) is 2.58. The van der Waals surface area contributed by atoms with Crippen LogP contribution in [0.15, 0.2) is 18.2 Å². The van der Waals surface area contributed by atoms with E-state index in [1.54, 1.807) is 12.1 Å². The second kappa shape index (κ2) is 6.71. The molecular formula is C13H17ClFNO2. The van der Waals surface area contributed by atoms with Crippen LogP contribution in [-0.4, -0.2) is 17.1 Å². The second-order valence-corrected chi connectivity index (χ2v) is 5.02. The van der Waals surface area contributed by atoms with Gasteiger partial charge in [-0.25, -0.2) is 4.39 Å². The molecule has 2 N–H and O–H groups in total. The Morgan fingerprint density at radius 3 is 2.72 bits per heavy atom. The molecule has 0 aliphatic heterocycles. The first-order valence-electron chi connectivity index (χ1n) is 5.81. The SMILES string of the molecule is CC(C)C[C@H](NCc1cccc(Cl)c1F)C(=O)O. The lowest BCUT2D eigenvalue weighted by molar-refractivity contribution is -0.140. The molecular weight excluding hydrogens is 257 g/mol. The summed E-state index contributed by atoms with van der Waals surface area (Å²) in [5, 5.41) is 11.9. The fraction of sp³-hybridized carbons (Fsp3) is 0.462. The predicted molar refractivity (Wildman–Crippen MR) is 69.1 cm³/mol. The van der Waals surface area contributed by atoms with E-state index in [1.165, 1.54) is 6.07 Å². The molecule has 1 atom stereocenters. The smallest absolute Gasteiger partial charge is 0.320 e. The zero-order chi connectivity index (χ0) is 13.7. The van der Waals surface area contributed by atoms with E-state index in [2.05, 4.69) is 5.32 Å². The number of carboxylic acids is 1. The number of hydrogen-bond acceptors (Lipinski definition) is 2. The molecule has 5 heteroatoms. The number of halogens is 2. The number of carbonyl (C=O) groups is 1. The van der Waals surface area contributed by atoms with Crippen LogP contribution in [0.1, 0.15) is 25.8 Å². The van der Waals surface area contributed by atoms with Gasteiger partial charge in [0.2, 0.25) is 0 Å². The maximum atomic E-state index is 13.6. The summed E-state index contributed by atoms with van der Waals surface area (Å²) in [7, 11) is 0. The van der Waals surface area contributed by atoms with Crippen molar-refractivity contribution in [1.29, 1.82) is 0 Å². The fourth-order valence-corrected chi connectivity index (χ4v) is 1.86. The van der Waals surface area contributed by atoms with Crippen LogP contribution < -0.4 is 5.32 Å². The van der Waals surface area contributed by atoms with Crippen molar-refractivity contribution in [3.8, 4) is 0 Å². The van der Waals surface area contributed by atoms with Crippen molar-refractivity contribution in [3.05, 3.63) is 34.6 Å². The van der Waals surface area contributed by atoms with E-state index in [-0.39, 0.29) is 17.5 Å². The Morgan fingerprint density at radius 2 is 2.17 bits per heavy atom. The Kier molecular flexibility index (Phi) is 5.56. The minimum Gasteiger partial charge on any atom is -0.480 e. The first kappa shape index (κ1) is 14.9. The summed E-state index contributed by atoms with van der Waals surface area (Å²) >= 11 is 5.66. The molecule has 0 amide bonds. The van der Waals surface area contributed by atoms with Crippen molar-refractivity contribution < 1.29 is 14.3 Å². The molecule has 0 aliphatic carbocycles. The number of carboxylic acid groups (broad SMARTS) is 1. The minimum absolute atomic E-state index is 0.0463. The summed E-state index contributed by atoms with van der Waals surface area (Å²) in [6, 6.07) is 4.01. The molecule has 0 bridgehead atoms. The normalized spacial score (nSPS) is 12.7. The number of benzene rings is 1. The van der Waals surface area contributed by atoms with E-state index in [1.807, 2.05) is 13.8 Å². The van der Waals surface area contributed by atoms with Gasteiger partial charge in [0.05, 0.1) is 5.02 Å². The number of rotatable bonds is 6. The average Bonchev–Trinajstić information content (AvgIpc) is 2.28. The lowest BCUT2D eigenvalue weighted by atomic mass is 10.0. The van der Waals surface area contributed by atoms with Crippen molar-refractivity contribution in [2.75, 3.05) is 0 Å². The molecule has 1 aromatic rings. The summed E-state index contributed by atoms with van der Waals surface area (Å²) in [5.74, 6) is -1.17. The molecule has 0 radical (unpaired) electrons. The van der Waals surface area contributed by atoms with Gasteiger partial charge in [-0.3, -0.25) is 4.79 Å². The van der Waals surface area contributed by atoms with Gasteiger partial charge in [0.25, 0.3) is 0 Å². The molecule has 0 aliphatic rings. The maximum absolute atomic E-state index is 13.6. The van der Waals surface area contributed by atoms with Gasteiger partial charge >= 0.3 is 5.97 Å². The maximum Gasteiger partial charge on any atom is 0.320 e. The largest absolute Gasteiger partial charge is 0.480 e. The van der Waals surface area contributed by atoms with E-state index >= 15 is 0 Å². The molecule has 0 saturated carbocycles. The molecule has 3 nitrogen and oxygen atoms in total. The molecule has 1 rings (SSSR count). The first-order chi connectivity index (χ1) is 8.41. The standard InChI is InChI=1S/C13H17ClFNO2/c1-8(2)6-11(13(17)18)16-7-9-4-3-5-10(14)12(9)15/h3-5,8,11,16H,6-7H2,1-2H3,(H,17,18)/t11-/m0/s1. The van der Waals surface area contributed by atoms with Gasteiger partial charge in [0.15, 0.2) is 0 Å². The summed E-state index contributed by atoms with van der Waals surface area (Å²) in [6.45, 7) is 4.03. The van der Waals surface area contributed by atoms with Gasteiger partial charge in [0, 0.05) is 12.1 Å². The number of nitrogens with one attached hydrogen (secondary N) is 1. The summed E-state index contributed by atoms with van der Waals surface area (Å²) in [5.41, 5.74) is 0.373. The minimum atomic E-state index is -0.925. The molecule has 18 heavy (non-hydrogen) atoms. The molecule has 0 fully saturated rings. The monoisotopic (exact) mass is 273 g/mol. The van der Waals surface area contributed by atoms with Crippen LogP contribution in [-0.2, 0) is 11.3 Å². The Labute approximate surface area is 111 Å². The van der Waals surface area contributed by atoms with E-state index in [4.69, 9.17) is 16.7 Å². The van der Waals surface area contributed by atoms with Crippen LogP contribution in [0.2, 0.25) is 5.02 Å². The van der Waals surface area contributed by atoms with Gasteiger partial charge in [0.1, 0.15) is 11.9 Å². The Bertz CT molecular complexity index is 423. The van der Waals surface area contributed by atoms with E-state index in [0.29, 0.717) is 12.0 Å². The van der Waals surface area contributed by atoms with Crippen LogP contribution in [0.4, 0.5) is 4.39 Å². The van der Waals surface area contributed by atoms with Crippen molar-refractivity contribution in [2.45, 2.75) is 32.9 Å².